The van der Waals surface area contributed by atoms with E-state index in [0.29, 0.717) is 11.8 Å². The first-order valence-electron chi connectivity index (χ1n) is 9.60. The lowest BCUT2D eigenvalue weighted by Gasteiger charge is -2.30. The summed E-state index contributed by atoms with van der Waals surface area (Å²) in [7, 11) is 0. The summed E-state index contributed by atoms with van der Waals surface area (Å²) < 4.78 is 0. The second-order valence-corrected chi connectivity index (χ2v) is 7.68. The van der Waals surface area contributed by atoms with Crippen molar-refractivity contribution in [1.82, 2.24) is 9.97 Å². The van der Waals surface area contributed by atoms with Gasteiger partial charge in [0.1, 0.15) is 6.29 Å². The molecule has 1 aliphatic carbocycles. The molecule has 0 radical (unpaired) electrons. The van der Waals surface area contributed by atoms with Crippen molar-refractivity contribution in [2.24, 2.45) is 11.8 Å². The van der Waals surface area contributed by atoms with Gasteiger partial charge in [0.2, 0.25) is 0 Å². The summed E-state index contributed by atoms with van der Waals surface area (Å²) in [6, 6.07) is 14.1. The molecule has 138 valence electrons. The van der Waals surface area contributed by atoms with E-state index in [1.165, 1.54) is 5.69 Å². The average molecular weight is 359 g/mol. The van der Waals surface area contributed by atoms with Gasteiger partial charge in [-0.15, -0.1) is 0 Å². The predicted octanol–water partition coefficient (Wildman–Crippen LogP) is 5.32. The minimum absolute atomic E-state index is 0.0841. The number of benzene rings is 1. The molecule has 1 aliphatic rings. The summed E-state index contributed by atoms with van der Waals surface area (Å²) in [6.45, 7) is 4.49. The highest BCUT2D eigenvalue weighted by Crippen LogP contribution is 2.45. The summed E-state index contributed by atoms with van der Waals surface area (Å²) in [5, 5.41) is 3.58. The van der Waals surface area contributed by atoms with E-state index in [0.717, 1.165) is 47.3 Å². The van der Waals surface area contributed by atoms with Gasteiger partial charge in [0, 0.05) is 40.8 Å². The molecule has 0 fully saturated rings. The first-order chi connectivity index (χ1) is 13.2. The highest BCUT2D eigenvalue weighted by Gasteiger charge is 2.33. The van der Waals surface area contributed by atoms with Crippen LogP contribution in [0.15, 0.2) is 54.9 Å². The molecule has 0 saturated heterocycles. The second-order valence-electron chi connectivity index (χ2n) is 7.68. The van der Waals surface area contributed by atoms with Crippen LogP contribution in [0.5, 0.6) is 0 Å². The zero-order chi connectivity index (χ0) is 18.8. The van der Waals surface area contributed by atoms with Crippen molar-refractivity contribution in [3.05, 3.63) is 66.1 Å². The molecule has 1 unspecified atom stereocenters. The first-order valence-corrected chi connectivity index (χ1v) is 9.60. The van der Waals surface area contributed by atoms with Gasteiger partial charge >= 0.3 is 0 Å². The Morgan fingerprint density at radius 3 is 2.56 bits per heavy atom. The molecule has 0 spiro atoms. The molecule has 3 aromatic rings. The van der Waals surface area contributed by atoms with Crippen molar-refractivity contribution in [1.29, 1.82) is 0 Å². The minimum atomic E-state index is -0.0841. The maximum absolute atomic E-state index is 12.0. The average Bonchev–Trinajstić information content (AvgIpc) is 3.07. The zero-order valence-electron chi connectivity index (χ0n) is 15.8. The van der Waals surface area contributed by atoms with Gasteiger partial charge in [0.25, 0.3) is 0 Å². The highest BCUT2D eigenvalue weighted by atomic mass is 16.1. The minimum Gasteiger partial charge on any atom is -0.356 e. The number of pyridine rings is 1. The molecule has 4 heteroatoms. The molecule has 2 atom stereocenters. The Hall–Kier alpha value is -2.88. The monoisotopic (exact) mass is 359 g/mol. The Labute approximate surface area is 160 Å². The Kier molecular flexibility index (Phi) is 4.80. The summed E-state index contributed by atoms with van der Waals surface area (Å²) in [6.07, 6.45) is 6.61. The van der Waals surface area contributed by atoms with Crippen LogP contribution in [0.3, 0.4) is 0 Å². The topological polar surface area (TPSA) is 57.8 Å². The van der Waals surface area contributed by atoms with Crippen LogP contribution in [0, 0.1) is 11.8 Å². The van der Waals surface area contributed by atoms with Crippen molar-refractivity contribution in [2.45, 2.75) is 32.6 Å². The third-order valence-corrected chi connectivity index (χ3v) is 5.63. The molecular weight excluding hydrogens is 334 g/mol. The Balaban J connectivity index is 1.86. The second kappa shape index (κ2) is 7.39. The third-order valence-electron chi connectivity index (χ3n) is 5.63. The molecule has 0 bridgehead atoms. The summed E-state index contributed by atoms with van der Waals surface area (Å²) in [5.74, 6) is 0.985. The predicted molar refractivity (Wildman–Crippen MR) is 109 cm³/mol. The SMILES string of the molecule is CC(C)[C@@H]1Cc2[nH]c(-c3ccncc3)c(Nc3ccccc3)c2C(C=O)C1. The largest absolute Gasteiger partial charge is 0.356 e. The van der Waals surface area contributed by atoms with Crippen molar-refractivity contribution >= 4 is 17.7 Å². The van der Waals surface area contributed by atoms with Crippen LogP contribution < -0.4 is 5.32 Å². The molecule has 2 N–H and O–H groups in total. The molecule has 1 aromatic carbocycles. The molecule has 0 aliphatic heterocycles. The van der Waals surface area contributed by atoms with E-state index in [2.05, 4.69) is 29.1 Å². The van der Waals surface area contributed by atoms with Gasteiger partial charge < -0.3 is 15.1 Å². The van der Waals surface area contributed by atoms with Crippen LogP contribution >= 0.6 is 0 Å². The molecule has 27 heavy (non-hydrogen) atoms. The van der Waals surface area contributed by atoms with E-state index in [9.17, 15) is 4.79 Å². The number of nitrogens with one attached hydrogen (secondary N) is 2. The van der Waals surface area contributed by atoms with Crippen LogP contribution in [0.2, 0.25) is 0 Å². The molecule has 4 rings (SSSR count). The number of H-pyrrole nitrogens is 1. The smallest absolute Gasteiger partial charge is 0.127 e. The van der Waals surface area contributed by atoms with E-state index in [-0.39, 0.29) is 5.92 Å². The lowest BCUT2D eigenvalue weighted by Crippen LogP contribution is -2.23. The van der Waals surface area contributed by atoms with Gasteiger partial charge in [-0.3, -0.25) is 4.98 Å². The number of hydrogen-bond acceptors (Lipinski definition) is 3. The molecule has 0 amide bonds. The molecule has 0 saturated carbocycles. The van der Waals surface area contributed by atoms with Crippen molar-refractivity contribution < 1.29 is 4.79 Å². The summed E-state index contributed by atoms with van der Waals surface area (Å²) >= 11 is 0. The van der Waals surface area contributed by atoms with Crippen molar-refractivity contribution in [3.63, 3.8) is 0 Å². The zero-order valence-corrected chi connectivity index (χ0v) is 15.8. The Morgan fingerprint density at radius 2 is 1.89 bits per heavy atom. The van der Waals surface area contributed by atoms with Crippen LogP contribution in [0.4, 0.5) is 11.4 Å². The van der Waals surface area contributed by atoms with E-state index in [4.69, 9.17) is 0 Å². The van der Waals surface area contributed by atoms with Gasteiger partial charge in [-0.1, -0.05) is 32.0 Å². The number of fused-ring (bicyclic) bond motifs is 1. The molecular formula is C23H25N3O. The number of hydrogen-bond donors (Lipinski definition) is 2. The third kappa shape index (κ3) is 3.39. The van der Waals surface area contributed by atoms with E-state index < -0.39 is 0 Å². The number of anilines is 2. The number of para-hydroxylation sites is 1. The quantitative estimate of drug-likeness (QED) is 0.606. The van der Waals surface area contributed by atoms with Crippen LogP contribution in [-0.2, 0) is 11.2 Å². The summed E-state index contributed by atoms with van der Waals surface area (Å²) in [4.78, 5) is 19.8. The van der Waals surface area contributed by atoms with E-state index in [1.54, 1.807) is 12.4 Å². The normalized spacial score (nSPS) is 18.9. The standard InChI is InChI=1S/C23H25N3O/c1-15(2)17-12-18(14-27)21-20(13-17)26-22(16-8-10-24-11-9-16)23(21)25-19-6-4-3-5-7-19/h3-11,14-15,17-18,25-26H,12-13H2,1-2H3/t17-,18?/m0/s1. The van der Waals surface area contributed by atoms with Crippen LogP contribution in [-0.4, -0.2) is 16.3 Å². The lowest BCUT2D eigenvalue weighted by atomic mass is 9.75. The molecule has 2 heterocycles. The first kappa shape index (κ1) is 17.5. The van der Waals surface area contributed by atoms with Crippen LogP contribution in [0.25, 0.3) is 11.3 Å². The van der Waals surface area contributed by atoms with E-state index in [1.807, 2.05) is 42.5 Å². The van der Waals surface area contributed by atoms with Gasteiger partial charge in [0.15, 0.2) is 0 Å². The number of aromatic nitrogens is 2. The maximum Gasteiger partial charge on any atom is 0.127 e. The van der Waals surface area contributed by atoms with Crippen LogP contribution in [0.1, 0.15) is 37.4 Å². The van der Waals surface area contributed by atoms with Crippen molar-refractivity contribution in [3.8, 4) is 11.3 Å². The summed E-state index contributed by atoms with van der Waals surface area (Å²) in [5.41, 5.74) is 6.44. The Morgan fingerprint density at radius 1 is 1.15 bits per heavy atom. The van der Waals surface area contributed by atoms with Gasteiger partial charge in [0.05, 0.1) is 11.4 Å². The van der Waals surface area contributed by atoms with Gasteiger partial charge in [-0.2, -0.15) is 0 Å². The van der Waals surface area contributed by atoms with Gasteiger partial charge in [-0.05, 0) is 48.9 Å². The van der Waals surface area contributed by atoms with Crippen molar-refractivity contribution in [2.75, 3.05) is 5.32 Å². The fourth-order valence-corrected chi connectivity index (χ4v) is 4.09. The number of nitrogens with zero attached hydrogens (tertiary/aromatic N) is 1. The number of aldehydes is 1. The number of aromatic amines is 1. The number of carbonyl (C=O) groups is 1. The number of rotatable bonds is 5. The lowest BCUT2D eigenvalue weighted by molar-refractivity contribution is -0.109. The highest BCUT2D eigenvalue weighted by molar-refractivity contribution is 5.86. The Bertz CT molecular complexity index is 916. The number of carbonyl (C=O) groups excluding carboxylic acids is 1. The van der Waals surface area contributed by atoms with Gasteiger partial charge in [-0.25, -0.2) is 0 Å². The fourth-order valence-electron chi connectivity index (χ4n) is 4.09. The maximum atomic E-state index is 12.0. The fraction of sp³-hybridized carbons (Fsp3) is 0.304. The van der Waals surface area contributed by atoms with E-state index >= 15 is 0 Å². The molecule has 2 aromatic heterocycles. The molecule has 4 nitrogen and oxygen atoms in total.